The first-order valence-electron chi connectivity index (χ1n) is 7.58. The van der Waals surface area contributed by atoms with Gasteiger partial charge in [0.25, 0.3) is 10.1 Å². The average molecular weight is 342 g/mol. The Labute approximate surface area is 136 Å². The van der Waals surface area contributed by atoms with Crippen LogP contribution in [0.4, 0.5) is 0 Å². The van der Waals surface area contributed by atoms with Gasteiger partial charge < -0.3 is 9.47 Å². The van der Waals surface area contributed by atoms with E-state index in [1.54, 1.807) is 12.1 Å². The molecule has 0 amide bonds. The Morgan fingerprint density at radius 3 is 2.52 bits per heavy atom. The van der Waals surface area contributed by atoms with Crippen molar-refractivity contribution in [2.75, 3.05) is 19.8 Å². The summed E-state index contributed by atoms with van der Waals surface area (Å²) in [5.74, 6) is -0.567. The number of rotatable bonds is 9. The Kier molecular flexibility index (Phi) is 6.15. The van der Waals surface area contributed by atoms with Crippen molar-refractivity contribution in [2.45, 2.75) is 37.7 Å². The first kappa shape index (κ1) is 17.9. The topological polar surface area (TPSA) is 82.2 Å². The van der Waals surface area contributed by atoms with Crippen molar-refractivity contribution >= 4 is 16.1 Å². The molecule has 2 unspecified atom stereocenters. The van der Waals surface area contributed by atoms with E-state index < -0.39 is 10.1 Å². The minimum Gasteiger partial charge on any atom is -0.465 e. The standard InChI is InChI=1S/C16H22O6S/c1-12-3-7-16(8-4-12)23(18,19)22-10-14(9-20-13(2)17)5-6-15-11-21-15/h3-4,7-8,14-15H,5-6,9-11H2,1-2H3. The molecule has 0 aliphatic carbocycles. The van der Waals surface area contributed by atoms with Crippen molar-refractivity contribution in [3.8, 4) is 0 Å². The van der Waals surface area contributed by atoms with Gasteiger partial charge >= 0.3 is 5.97 Å². The zero-order chi connectivity index (χ0) is 16.9. The van der Waals surface area contributed by atoms with E-state index in [1.807, 2.05) is 6.92 Å². The van der Waals surface area contributed by atoms with Crippen LogP contribution in [0.1, 0.15) is 25.3 Å². The van der Waals surface area contributed by atoms with Gasteiger partial charge in [-0.3, -0.25) is 8.98 Å². The van der Waals surface area contributed by atoms with Crippen molar-refractivity contribution < 1.29 is 26.9 Å². The van der Waals surface area contributed by atoms with Gasteiger partial charge in [0.2, 0.25) is 0 Å². The van der Waals surface area contributed by atoms with Crippen LogP contribution in [0.15, 0.2) is 29.2 Å². The van der Waals surface area contributed by atoms with Crippen molar-refractivity contribution in [3.05, 3.63) is 29.8 Å². The van der Waals surface area contributed by atoms with Crippen LogP contribution in [-0.2, 0) is 28.6 Å². The molecule has 1 heterocycles. The molecule has 1 saturated heterocycles. The highest BCUT2D eigenvalue weighted by atomic mass is 32.2. The van der Waals surface area contributed by atoms with Crippen molar-refractivity contribution in [1.29, 1.82) is 0 Å². The number of hydrogen-bond donors (Lipinski definition) is 0. The smallest absolute Gasteiger partial charge is 0.302 e. The number of benzene rings is 1. The third kappa shape index (κ3) is 6.29. The number of epoxide rings is 1. The maximum absolute atomic E-state index is 12.2. The number of esters is 1. The molecule has 0 spiro atoms. The van der Waals surface area contributed by atoms with Gasteiger partial charge in [0.15, 0.2) is 0 Å². The summed E-state index contributed by atoms with van der Waals surface area (Å²) < 4.78 is 39.6. The number of carbonyl (C=O) groups is 1. The molecular weight excluding hydrogens is 320 g/mol. The number of hydrogen-bond acceptors (Lipinski definition) is 6. The molecule has 6 nitrogen and oxygen atoms in total. The van der Waals surface area contributed by atoms with E-state index in [0.29, 0.717) is 6.42 Å². The second-order valence-electron chi connectivity index (χ2n) is 5.75. The fraction of sp³-hybridized carbons (Fsp3) is 0.562. The lowest BCUT2D eigenvalue weighted by atomic mass is 10.0. The van der Waals surface area contributed by atoms with Crippen LogP contribution in [0.5, 0.6) is 0 Å². The predicted molar refractivity (Wildman–Crippen MR) is 83.4 cm³/mol. The SMILES string of the molecule is CC(=O)OCC(CCC1CO1)COS(=O)(=O)c1ccc(C)cc1. The van der Waals surface area contributed by atoms with Gasteiger partial charge in [-0.25, -0.2) is 0 Å². The van der Waals surface area contributed by atoms with Crippen LogP contribution < -0.4 is 0 Å². The summed E-state index contributed by atoms with van der Waals surface area (Å²) in [5.41, 5.74) is 0.973. The maximum atomic E-state index is 12.2. The van der Waals surface area contributed by atoms with E-state index in [2.05, 4.69) is 0 Å². The quantitative estimate of drug-likeness (QED) is 0.388. The highest BCUT2D eigenvalue weighted by Crippen LogP contribution is 2.21. The van der Waals surface area contributed by atoms with Crippen LogP contribution in [0.3, 0.4) is 0 Å². The summed E-state index contributed by atoms with van der Waals surface area (Å²) in [5, 5.41) is 0. The highest BCUT2D eigenvalue weighted by molar-refractivity contribution is 7.86. The average Bonchev–Trinajstić information content (AvgIpc) is 3.31. The summed E-state index contributed by atoms with van der Waals surface area (Å²) >= 11 is 0. The molecule has 7 heteroatoms. The first-order chi connectivity index (χ1) is 10.9. The van der Waals surface area contributed by atoms with E-state index in [0.717, 1.165) is 18.6 Å². The Bertz CT molecular complexity index is 618. The number of aryl methyl sites for hydroxylation is 1. The summed E-state index contributed by atoms with van der Waals surface area (Å²) in [6, 6.07) is 6.47. The van der Waals surface area contributed by atoms with Crippen molar-refractivity contribution in [2.24, 2.45) is 5.92 Å². The van der Waals surface area contributed by atoms with E-state index in [1.165, 1.54) is 19.1 Å². The van der Waals surface area contributed by atoms with Gasteiger partial charge in [-0.15, -0.1) is 0 Å². The molecule has 0 radical (unpaired) electrons. The molecule has 1 aromatic rings. The number of ether oxygens (including phenoxy) is 2. The normalized spacial score (nSPS) is 18.4. The largest absolute Gasteiger partial charge is 0.465 e. The fourth-order valence-corrected chi connectivity index (χ4v) is 3.04. The van der Waals surface area contributed by atoms with E-state index in [4.69, 9.17) is 13.7 Å². The molecule has 0 aromatic heterocycles. The molecule has 1 aromatic carbocycles. The van der Waals surface area contributed by atoms with Crippen LogP contribution in [0, 0.1) is 12.8 Å². The van der Waals surface area contributed by atoms with Crippen molar-refractivity contribution in [3.63, 3.8) is 0 Å². The molecule has 23 heavy (non-hydrogen) atoms. The second-order valence-corrected chi connectivity index (χ2v) is 7.37. The molecule has 1 aliphatic heterocycles. The van der Waals surface area contributed by atoms with Gasteiger partial charge in [0.05, 0.1) is 30.8 Å². The van der Waals surface area contributed by atoms with E-state index in [-0.39, 0.29) is 36.1 Å². The summed E-state index contributed by atoms with van der Waals surface area (Å²) in [6.45, 7) is 4.07. The minimum absolute atomic E-state index is 0.0176. The molecule has 0 N–H and O–H groups in total. The van der Waals surface area contributed by atoms with Gasteiger partial charge in [0, 0.05) is 12.8 Å². The lowest BCUT2D eigenvalue weighted by Gasteiger charge is -2.16. The van der Waals surface area contributed by atoms with Crippen LogP contribution >= 0.6 is 0 Å². The van der Waals surface area contributed by atoms with Crippen LogP contribution in [-0.4, -0.2) is 40.3 Å². The van der Waals surface area contributed by atoms with Gasteiger partial charge in [0.1, 0.15) is 0 Å². The van der Waals surface area contributed by atoms with Crippen LogP contribution in [0.25, 0.3) is 0 Å². The van der Waals surface area contributed by atoms with Gasteiger partial charge in [-0.1, -0.05) is 17.7 Å². The highest BCUT2D eigenvalue weighted by Gasteiger charge is 2.25. The maximum Gasteiger partial charge on any atom is 0.302 e. The van der Waals surface area contributed by atoms with Gasteiger partial charge in [-0.05, 0) is 31.9 Å². The van der Waals surface area contributed by atoms with Crippen LogP contribution in [0.2, 0.25) is 0 Å². The van der Waals surface area contributed by atoms with Crippen molar-refractivity contribution in [1.82, 2.24) is 0 Å². The molecule has 1 aliphatic rings. The summed E-state index contributed by atoms with van der Waals surface area (Å²) in [4.78, 5) is 11.1. The molecule has 2 atom stereocenters. The Morgan fingerprint density at radius 1 is 1.30 bits per heavy atom. The lowest BCUT2D eigenvalue weighted by molar-refractivity contribution is -0.142. The Balaban J connectivity index is 1.91. The molecule has 0 bridgehead atoms. The second kappa shape index (κ2) is 7.90. The van der Waals surface area contributed by atoms with Gasteiger partial charge in [-0.2, -0.15) is 8.42 Å². The zero-order valence-corrected chi connectivity index (χ0v) is 14.2. The molecule has 2 rings (SSSR count). The predicted octanol–water partition coefficient (Wildman–Crippen LogP) is 2.06. The molecule has 128 valence electrons. The first-order valence-corrected chi connectivity index (χ1v) is 8.98. The summed E-state index contributed by atoms with van der Waals surface area (Å²) in [7, 11) is -3.81. The minimum atomic E-state index is -3.81. The monoisotopic (exact) mass is 342 g/mol. The van der Waals surface area contributed by atoms with E-state index >= 15 is 0 Å². The number of carbonyl (C=O) groups excluding carboxylic acids is 1. The molecular formula is C16H22O6S. The summed E-state index contributed by atoms with van der Waals surface area (Å²) in [6.07, 6.45) is 1.73. The van der Waals surface area contributed by atoms with E-state index in [9.17, 15) is 13.2 Å². The Hall–Kier alpha value is -1.44. The fourth-order valence-electron chi connectivity index (χ4n) is 2.07. The molecule has 1 fully saturated rings. The zero-order valence-electron chi connectivity index (χ0n) is 13.4. The third-order valence-corrected chi connectivity index (χ3v) is 4.89. The lowest BCUT2D eigenvalue weighted by Crippen LogP contribution is -2.21. The third-order valence-electron chi connectivity index (χ3n) is 3.59. The Morgan fingerprint density at radius 2 is 1.96 bits per heavy atom. The molecule has 0 saturated carbocycles.